The summed E-state index contributed by atoms with van der Waals surface area (Å²) in [6, 6.07) is 22.3. The van der Waals surface area contributed by atoms with Crippen molar-refractivity contribution >= 4 is 23.4 Å². The predicted octanol–water partition coefficient (Wildman–Crippen LogP) is 4.18. The standard InChI is InChI=1S/C32H35FN4O4/c1-23(38)36-17-15-35(16-18-36)22-31(39)37-21-25(19-24-5-3-2-4-6-24)20-30(37)32(40)34-27-9-13-29(14-10-27)41-28-11-7-26(33)8-12-28/h2-14,25,30H,15-22H2,1H3,(H,34,40)/t25-,30+/m1/s1. The number of amides is 3. The van der Waals surface area contributed by atoms with Gasteiger partial charge in [-0.3, -0.25) is 19.3 Å². The normalized spacial score (nSPS) is 19.2. The minimum atomic E-state index is -0.579. The van der Waals surface area contributed by atoms with Gasteiger partial charge in [-0.05, 0) is 72.9 Å². The number of carbonyl (C=O) groups excluding carboxylic acids is 3. The second-order valence-corrected chi connectivity index (χ2v) is 10.7. The van der Waals surface area contributed by atoms with E-state index < -0.39 is 6.04 Å². The second kappa shape index (κ2) is 13.0. The van der Waals surface area contributed by atoms with Gasteiger partial charge < -0.3 is 19.9 Å². The maximum Gasteiger partial charge on any atom is 0.247 e. The van der Waals surface area contributed by atoms with Gasteiger partial charge in [0, 0.05) is 45.3 Å². The quantitative estimate of drug-likeness (QED) is 0.449. The van der Waals surface area contributed by atoms with Crippen molar-refractivity contribution in [3.63, 3.8) is 0 Å². The molecule has 0 saturated carbocycles. The van der Waals surface area contributed by atoms with Gasteiger partial charge in [-0.25, -0.2) is 4.39 Å². The fraction of sp³-hybridized carbons (Fsp3) is 0.344. The van der Waals surface area contributed by atoms with E-state index in [1.807, 2.05) is 18.2 Å². The zero-order chi connectivity index (χ0) is 28.8. The Morgan fingerprint density at radius 2 is 1.51 bits per heavy atom. The molecule has 9 heteroatoms. The molecule has 3 aromatic carbocycles. The van der Waals surface area contributed by atoms with Gasteiger partial charge in [0.1, 0.15) is 23.4 Å². The Balaban J connectivity index is 1.23. The molecule has 2 aliphatic rings. The van der Waals surface area contributed by atoms with Gasteiger partial charge in [0.05, 0.1) is 6.54 Å². The van der Waals surface area contributed by atoms with Crippen LogP contribution < -0.4 is 10.1 Å². The molecule has 0 radical (unpaired) electrons. The summed E-state index contributed by atoms with van der Waals surface area (Å²) in [5, 5.41) is 2.98. The number of hydrogen-bond acceptors (Lipinski definition) is 5. The van der Waals surface area contributed by atoms with E-state index in [0.717, 1.165) is 6.42 Å². The van der Waals surface area contributed by atoms with Crippen molar-refractivity contribution in [2.75, 3.05) is 44.6 Å². The number of rotatable bonds is 8. The molecule has 0 spiro atoms. The number of ether oxygens (including phenoxy) is 1. The maximum absolute atomic E-state index is 13.5. The molecule has 2 atom stereocenters. The molecule has 0 aliphatic carbocycles. The molecule has 2 aliphatic heterocycles. The number of nitrogens with one attached hydrogen (secondary N) is 1. The lowest BCUT2D eigenvalue weighted by Gasteiger charge is -2.35. The Morgan fingerprint density at radius 1 is 0.878 bits per heavy atom. The van der Waals surface area contributed by atoms with Crippen LogP contribution >= 0.6 is 0 Å². The fourth-order valence-corrected chi connectivity index (χ4v) is 5.52. The van der Waals surface area contributed by atoms with Gasteiger partial charge in [0.25, 0.3) is 0 Å². The monoisotopic (exact) mass is 558 g/mol. The summed E-state index contributed by atoms with van der Waals surface area (Å²) in [6.45, 7) is 4.78. The van der Waals surface area contributed by atoms with Crippen LogP contribution in [0.3, 0.4) is 0 Å². The van der Waals surface area contributed by atoms with Crippen molar-refractivity contribution in [1.29, 1.82) is 0 Å². The lowest BCUT2D eigenvalue weighted by Crippen LogP contribution is -2.52. The topological polar surface area (TPSA) is 82.2 Å². The number of benzene rings is 3. The van der Waals surface area contributed by atoms with E-state index in [1.54, 1.807) is 53.1 Å². The first-order valence-electron chi connectivity index (χ1n) is 14.0. The van der Waals surface area contributed by atoms with E-state index in [-0.39, 0.29) is 36.0 Å². The van der Waals surface area contributed by atoms with Crippen LogP contribution in [-0.4, -0.2) is 77.7 Å². The van der Waals surface area contributed by atoms with Crippen LogP contribution in [0.5, 0.6) is 11.5 Å². The Kier molecular flexibility index (Phi) is 8.94. The highest BCUT2D eigenvalue weighted by Crippen LogP contribution is 2.29. The van der Waals surface area contributed by atoms with E-state index in [4.69, 9.17) is 4.74 Å². The third-order valence-electron chi connectivity index (χ3n) is 7.73. The Labute approximate surface area is 239 Å². The van der Waals surface area contributed by atoms with Crippen LogP contribution in [0, 0.1) is 11.7 Å². The molecule has 214 valence electrons. The molecule has 2 fully saturated rings. The van der Waals surface area contributed by atoms with Crippen molar-refractivity contribution in [1.82, 2.24) is 14.7 Å². The first-order chi connectivity index (χ1) is 19.8. The minimum Gasteiger partial charge on any atom is -0.457 e. The summed E-state index contributed by atoms with van der Waals surface area (Å²) >= 11 is 0. The second-order valence-electron chi connectivity index (χ2n) is 10.7. The van der Waals surface area contributed by atoms with Crippen molar-refractivity contribution in [2.24, 2.45) is 5.92 Å². The molecule has 8 nitrogen and oxygen atoms in total. The number of carbonyl (C=O) groups is 3. The number of nitrogens with zero attached hydrogens (tertiary/aromatic N) is 3. The molecule has 3 amide bonds. The third kappa shape index (κ3) is 7.49. The van der Waals surface area contributed by atoms with Crippen LogP contribution in [-0.2, 0) is 20.8 Å². The van der Waals surface area contributed by atoms with Gasteiger partial charge >= 0.3 is 0 Å². The summed E-state index contributed by atoms with van der Waals surface area (Å²) < 4.78 is 18.9. The van der Waals surface area contributed by atoms with Crippen LogP contribution in [0.15, 0.2) is 78.9 Å². The first-order valence-corrected chi connectivity index (χ1v) is 14.0. The van der Waals surface area contributed by atoms with Gasteiger partial charge in [0.2, 0.25) is 17.7 Å². The van der Waals surface area contributed by atoms with E-state index in [2.05, 4.69) is 22.3 Å². The van der Waals surface area contributed by atoms with Crippen LogP contribution in [0.2, 0.25) is 0 Å². The summed E-state index contributed by atoms with van der Waals surface area (Å²) in [5.41, 5.74) is 1.78. The molecule has 2 saturated heterocycles. The fourth-order valence-electron chi connectivity index (χ4n) is 5.52. The molecule has 41 heavy (non-hydrogen) atoms. The summed E-state index contributed by atoms with van der Waals surface area (Å²) in [5.74, 6) is 0.652. The number of likely N-dealkylation sites (tertiary alicyclic amines) is 1. The predicted molar refractivity (Wildman–Crippen MR) is 154 cm³/mol. The summed E-state index contributed by atoms with van der Waals surface area (Å²) in [4.78, 5) is 44.3. The highest BCUT2D eigenvalue weighted by molar-refractivity contribution is 5.97. The largest absolute Gasteiger partial charge is 0.457 e. The molecular formula is C32H35FN4O4. The summed E-state index contributed by atoms with van der Waals surface area (Å²) in [6.07, 6.45) is 1.37. The van der Waals surface area contributed by atoms with Crippen molar-refractivity contribution in [3.8, 4) is 11.5 Å². The Hall–Kier alpha value is -4.24. The molecule has 0 aromatic heterocycles. The SMILES string of the molecule is CC(=O)N1CCN(CC(=O)N2C[C@H](Cc3ccccc3)C[C@H]2C(=O)Nc2ccc(Oc3ccc(F)cc3)cc2)CC1. The zero-order valence-electron chi connectivity index (χ0n) is 23.2. The molecule has 0 bridgehead atoms. The van der Waals surface area contributed by atoms with E-state index in [0.29, 0.717) is 56.3 Å². The van der Waals surface area contributed by atoms with Crippen molar-refractivity contribution in [3.05, 3.63) is 90.2 Å². The van der Waals surface area contributed by atoms with Crippen molar-refractivity contribution in [2.45, 2.75) is 25.8 Å². The smallest absolute Gasteiger partial charge is 0.247 e. The van der Waals surface area contributed by atoms with Gasteiger partial charge in [-0.2, -0.15) is 0 Å². The van der Waals surface area contributed by atoms with E-state index in [1.165, 1.54) is 17.7 Å². The molecule has 5 rings (SSSR count). The number of piperazine rings is 1. The lowest BCUT2D eigenvalue weighted by atomic mass is 9.96. The zero-order valence-corrected chi connectivity index (χ0v) is 23.2. The molecule has 3 aromatic rings. The Bertz CT molecular complexity index is 1340. The molecular weight excluding hydrogens is 523 g/mol. The van der Waals surface area contributed by atoms with Gasteiger partial charge in [0.15, 0.2) is 0 Å². The van der Waals surface area contributed by atoms with E-state index >= 15 is 0 Å². The highest BCUT2D eigenvalue weighted by Gasteiger charge is 2.40. The average molecular weight is 559 g/mol. The molecule has 2 heterocycles. The number of halogens is 1. The third-order valence-corrected chi connectivity index (χ3v) is 7.73. The lowest BCUT2D eigenvalue weighted by molar-refractivity contribution is -0.138. The maximum atomic E-state index is 13.5. The van der Waals surface area contributed by atoms with Crippen LogP contribution in [0.4, 0.5) is 10.1 Å². The van der Waals surface area contributed by atoms with Crippen LogP contribution in [0.25, 0.3) is 0 Å². The van der Waals surface area contributed by atoms with Crippen LogP contribution in [0.1, 0.15) is 18.9 Å². The average Bonchev–Trinajstić information content (AvgIpc) is 3.40. The number of hydrogen-bond donors (Lipinski definition) is 1. The van der Waals surface area contributed by atoms with E-state index in [9.17, 15) is 18.8 Å². The highest BCUT2D eigenvalue weighted by atomic mass is 19.1. The van der Waals surface area contributed by atoms with Crippen molar-refractivity contribution < 1.29 is 23.5 Å². The summed E-state index contributed by atoms with van der Waals surface area (Å²) in [7, 11) is 0. The molecule has 0 unspecified atom stereocenters. The molecule has 1 N–H and O–H groups in total. The Morgan fingerprint density at radius 3 is 2.15 bits per heavy atom. The van der Waals surface area contributed by atoms with Gasteiger partial charge in [-0.1, -0.05) is 30.3 Å². The minimum absolute atomic E-state index is 0.0473. The van der Waals surface area contributed by atoms with Gasteiger partial charge in [-0.15, -0.1) is 0 Å². The number of anilines is 1. The first kappa shape index (κ1) is 28.3.